The number of methoxy groups -OCH3 is 1. The highest BCUT2D eigenvalue weighted by atomic mass is 35.5. The average molecular weight is 523 g/mol. The van der Waals surface area contributed by atoms with Gasteiger partial charge in [-0.25, -0.2) is 0 Å². The molecule has 1 heterocycles. The Morgan fingerprint density at radius 2 is 1.89 bits per heavy atom. The van der Waals surface area contributed by atoms with Gasteiger partial charge in [-0.15, -0.1) is 0 Å². The molecular formula is C26H27ClN6O4. The first-order valence-electron chi connectivity index (χ1n) is 11.2. The van der Waals surface area contributed by atoms with Crippen LogP contribution in [0.25, 0.3) is 0 Å². The van der Waals surface area contributed by atoms with E-state index in [2.05, 4.69) is 27.5 Å². The molecule has 2 amide bonds. The zero-order valence-corrected chi connectivity index (χ0v) is 20.8. The number of aromatic amines is 1. The minimum Gasteiger partial charge on any atom is -0.483 e. The summed E-state index contributed by atoms with van der Waals surface area (Å²) < 4.78 is 4.92. The highest BCUT2D eigenvalue weighted by Crippen LogP contribution is 2.25. The van der Waals surface area contributed by atoms with Gasteiger partial charge in [0.1, 0.15) is 11.4 Å². The van der Waals surface area contributed by atoms with Crippen molar-refractivity contribution in [1.29, 1.82) is 5.41 Å². The molecule has 0 radical (unpaired) electrons. The van der Waals surface area contributed by atoms with Gasteiger partial charge in [0.15, 0.2) is 5.88 Å². The summed E-state index contributed by atoms with van der Waals surface area (Å²) >= 11 is 6.26. The fourth-order valence-electron chi connectivity index (χ4n) is 3.49. The van der Waals surface area contributed by atoms with Crippen LogP contribution in [0.3, 0.4) is 0 Å². The minimum absolute atomic E-state index is 0.138. The maximum absolute atomic E-state index is 13.0. The lowest BCUT2D eigenvalue weighted by Gasteiger charge is -2.19. The van der Waals surface area contributed by atoms with Gasteiger partial charge in [-0.2, -0.15) is 0 Å². The molecule has 0 aliphatic heterocycles. The summed E-state index contributed by atoms with van der Waals surface area (Å²) in [5, 5.41) is 16.0. The number of hydrogen-bond donors (Lipinski definition) is 6. The van der Waals surface area contributed by atoms with Crippen molar-refractivity contribution in [2.75, 3.05) is 24.3 Å². The molecule has 0 saturated carbocycles. The summed E-state index contributed by atoms with van der Waals surface area (Å²) in [5.74, 6) is -0.872. The van der Waals surface area contributed by atoms with Crippen molar-refractivity contribution in [3.05, 3.63) is 105 Å². The molecule has 0 spiro atoms. The topological polar surface area (TPSA) is 162 Å². The van der Waals surface area contributed by atoms with Crippen LogP contribution in [0.5, 0.6) is 0 Å². The summed E-state index contributed by atoms with van der Waals surface area (Å²) in [6.45, 7) is 3.98. The largest absolute Gasteiger partial charge is 0.483 e. The molecule has 0 unspecified atom stereocenters. The molecule has 37 heavy (non-hydrogen) atoms. The molecule has 10 nitrogen and oxygen atoms in total. The summed E-state index contributed by atoms with van der Waals surface area (Å²) in [4.78, 5) is 41.0. The van der Waals surface area contributed by atoms with E-state index in [-0.39, 0.29) is 51.1 Å². The number of hydrogen-bond acceptors (Lipinski definition) is 7. The Kier molecular flexibility index (Phi) is 9.20. The fourth-order valence-corrected chi connectivity index (χ4v) is 3.66. The molecular weight excluding hydrogens is 496 g/mol. The third-order valence-electron chi connectivity index (χ3n) is 5.42. The Hall–Kier alpha value is -4.41. The van der Waals surface area contributed by atoms with Crippen LogP contribution in [0.1, 0.15) is 44.3 Å². The third-order valence-corrected chi connectivity index (χ3v) is 5.75. The number of pyridine rings is 1. The number of carbonyl (C=O) groups is 2. The Morgan fingerprint density at radius 3 is 2.54 bits per heavy atom. The summed E-state index contributed by atoms with van der Waals surface area (Å²) in [5.41, 5.74) is 6.28. The minimum atomic E-state index is -0.772. The molecule has 11 heteroatoms. The third kappa shape index (κ3) is 6.84. The molecule has 192 valence electrons. The second-order valence-corrected chi connectivity index (χ2v) is 8.31. The van der Waals surface area contributed by atoms with Gasteiger partial charge >= 0.3 is 0 Å². The highest BCUT2D eigenvalue weighted by Gasteiger charge is 2.19. The standard InChI is InChI=1S/C26H27ClN6O4/c1-15(37-2)30-23-18(14-29)12-19(26(36)33-23)25(35)32-22-13-17(8-9-20(22)27)24(34)31-21(10-11-28)16-6-4-3-5-7-16/h3-9,12-14,21,29H,1,10-11,28H2,2H3,(H,31,34)(H,32,35)(H2,30,33,36)/t21-/m1/s1. The predicted molar refractivity (Wildman–Crippen MR) is 144 cm³/mol. The molecule has 0 bridgehead atoms. The van der Waals surface area contributed by atoms with Crippen LogP contribution in [0, 0.1) is 5.41 Å². The quantitative estimate of drug-likeness (QED) is 0.166. The smallest absolute Gasteiger partial charge is 0.262 e. The van der Waals surface area contributed by atoms with Crippen molar-refractivity contribution in [3.63, 3.8) is 0 Å². The predicted octanol–water partition coefficient (Wildman–Crippen LogP) is 3.63. The number of rotatable bonds is 11. The summed E-state index contributed by atoms with van der Waals surface area (Å²) in [7, 11) is 1.39. The molecule has 1 atom stereocenters. The van der Waals surface area contributed by atoms with Crippen molar-refractivity contribution in [3.8, 4) is 0 Å². The zero-order chi connectivity index (χ0) is 26.9. The van der Waals surface area contributed by atoms with Gasteiger partial charge in [0.2, 0.25) is 0 Å². The van der Waals surface area contributed by atoms with Crippen molar-refractivity contribution in [2.45, 2.75) is 12.5 Å². The average Bonchev–Trinajstić information content (AvgIpc) is 2.90. The van der Waals surface area contributed by atoms with Gasteiger partial charge in [-0.05, 0) is 49.4 Å². The molecule has 0 aliphatic rings. The van der Waals surface area contributed by atoms with E-state index < -0.39 is 11.5 Å². The molecule has 1 aromatic heterocycles. The van der Waals surface area contributed by atoms with Gasteiger partial charge in [0, 0.05) is 17.3 Å². The summed E-state index contributed by atoms with van der Waals surface area (Å²) in [6, 6.07) is 14.8. The number of nitrogens with one attached hydrogen (secondary N) is 5. The van der Waals surface area contributed by atoms with E-state index in [1.165, 1.54) is 31.4 Å². The van der Waals surface area contributed by atoms with Gasteiger partial charge < -0.3 is 36.8 Å². The van der Waals surface area contributed by atoms with Crippen LogP contribution in [-0.4, -0.2) is 36.7 Å². The maximum Gasteiger partial charge on any atom is 0.262 e. The van der Waals surface area contributed by atoms with E-state index in [1.54, 1.807) is 0 Å². The lowest BCUT2D eigenvalue weighted by Crippen LogP contribution is -2.30. The van der Waals surface area contributed by atoms with Gasteiger partial charge in [0.05, 0.1) is 23.9 Å². The zero-order valence-electron chi connectivity index (χ0n) is 20.1. The van der Waals surface area contributed by atoms with Gasteiger partial charge in [0.25, 0.3) is 17.4 Å². The monoisotopic (exact) mass is 522 g/mol. The lowest BCUT2D eigenvalue weighted by molar-refractivity contribution is 0.0934. The van der Waals surface area contributed by atoms with E-state index in [1.807, 2.05) is 30.3 Å². The normalized spacial score (nSPS) is 11.2. The van der Waals surface area contributed by atoms with Crippen LogP contribution in [0.15, 0.2) is 71.9 Å². The Morgan fingerprint density at radius 1 is 1.16 bits per heavy atom. The van der Waals surface area contributed by atoms with Crippen LogP contribution in [0.4, 0.5) is 11.5 Å². The second-order valence-electron chi connectivity index (χ2n) is 7.90. The first-order valence-corrected chi connectivity index (χ1v) is 11.6. The molecule has 0 aliphatic carbocycles. The molecule has 3 rings (SSSR count). The van der Waals surface area contributed by atoms with Crippen molar-refractivity contribution >= 4 is 41.1 Å². The van der Waals surface area contributed by atoms with Crippen LogP contribution in [-0.2, 0) is 4.74 Å². The van der Waals surface area contributed by atoms with Crippen LogP contribution < -0.4 is 27.2 Å². The maximum atomic E-state index is 13.0. The molecule has 7 N–H and O–H groups in total. The number of H-pyrrole nitrogens is 1. The number of halogens is 1. The Balaban J connectivity index is 1.83. The van der Waals surface area contributed by atoms with E-state index in [0.717, 1.165) is 11.8 Å². The number of carbonyl (C=O) groups excluding carboxylic acids is 2. The van der Waals surface area contributed by atoms with Gasteiger partial charge in [-0.3, -0.25) is 14.4 Å². The molecule has 2 aromatic carbocycles. The van der Waals surface area contributed by atoms with Gasteiger partial charge in [-0.1, -0.05) is 41.9 Å². The number of anilines is 2. The highest BCUT2D eigenvalue weighted by molar-refractivity contribution is 6.34. The summed E-state index contributed by atoms with van der Waals surface area (Å²) in [6.07, 6.45) is 1.49. The van der Waals surface area contributed by atoms with E-state index in [9.17, 15) is 14.4 Å². The van der Waals surface area contributed by atoms with Crippen molar-refractivity contribution in [2.24, 2.45) is 5.73 Å². The number of nitrogens with two attached hydrogens (primary N) is 1. The van der Waals surface area contributed by atoms with Crippen LogP contribution in [0.2, 0.25) is 5.02 Å². The first kappa shape index (κ1) is 27.2. The molecule has 0 fully saturated rings. The molecule has 0 saturated heterocycles. The van der Waals surface area contributed by atoms with E-state index in [0.29, 0.717) is 13.0 Å². The SMILES string of the molecule is C=C(Nc1[nH]c(=O)c(C(=O)Nc2cc(C(=O)N[C@H](CCN)c3ccccc3)ccc2Cl)cc1C=N)OC. The Labute approximate surface area is 218 Å². The van der Waals surface area contributed by atoms with E-state index in [4.69, 9.17) is 27.5 Å². The van der Waals surface area contributed by atoms with Crippen molar-refractivity contribution in [1.82, 2.24) is 10.3 Å². The lowest BCUT2D eigenvalue weighted by atomic mass is 10.0. The van der Waals surface area contributed by atoms with Crippen LogP contribution >= 0.6 is 11.6 Å². The van der Waals surface area contributed by atoms with Crippen molar-refractivity contribution < 1.29 is 14.3 Å². The fraction of sp³-hybridized carbons (Fsp3) is 0.154. The number of aromatic nitrogens is 1. The molecule has 3 aromatic rings. The number of amides is 2. The Bertz CT molecular complexity index is 1370. The van der Waals surface area contributed by atoms with E-state index >= 15 is 0 Å². The second kappa shape index (κ2) is 12.5. The number of ether oxygens (including phenoxy) is 1. The first-order chi connectivity index (χ1) is 17.8. The number of benzene rings is 2.